The van der Waals surface area contributed by atoms with Crippen LogP contribution in [0.25, 0.3) is 0 Å². The van der Waals surface area contributed by atoms with Crippen LogP contribution in [0.15, 0.2) is 12.1 Å². The molecule has 0 spiro atoms. The molecule has 1 N–H and O–H groups in total. The number of benzene rings is 1. The molecule has 0 bridgehead atoms. The molecule has 0 amide bonds. The monoisotopic (exact) mass is 196 g/mol. The van der Waals surface area contributed by atoms with Crippen molar-refractivity contribution in [2.24, 2.45) is 0 Å². The number of hydrogen-bond donors (Lipinski definition) is 1. The topological polar surface area (TPSA) is 38.7 Å². The maximum absolute atomic E-state index is 9.59. The van der Waals surface area contributed by atoms with E-state index in [1.54, 1.807) is 6.07 Å². The molecule has 0 aliphatic carbocycles. The van der Waals surface area contributed by atoms with Crippen molar-refractivity contribution in [3.8, 4) is 17.2 Å². The molecular weight excluding hydrogens is 184 g/mol. The van der Waals surface area contributed by atoms with Crippen LogP contribution in [-0.4, -0.2) is 27.8 Å². The third kappa shape index (κ3) is 1.49. The summed E-state index contributed by atoms with van der Waals surface area (Å²) >= 11 is 0. The van der Waals surface area contributed by atoms with E-state index in [9.17, 15) is 5.11 Å². The third-order valence-corrected chi connectivity index (χ3v) is 3.32. The second-order valence-corrected chi connectivity index (χ2v) is 4.52. The summed E-state index contributed by atoms with van der Waals surface area (Å²) in [5, 5.41) is 10.8. The molecule has 0 saturated heterocycles. The van der Waals surface area contributed by atoms with Crippen molar-refractivity contribution in [2.75, 3.05) is 13.2 Å². The van der Waals surface area contributed by atoms with Crippen LogP contribution in [0.5, 0.6) is 17.2 Å². The second kappa shape index (κ2) is 3.30. The minimum atomic E-state index is -0.256. The number of phenols is 1. The fourth-order valence-electron chi connectivity index (χ4n) is 1.39. The Hall–Kier alpha value is -1.16. The van der Waals surface area contributed by atoms with Gasteiger partial charge in [-0.15, -0.1) is 0 Å². The van der Waals surface area contributed by atoms with E-state index in [1.165, 1.54) is 5.19 Å². The zero-order chi connectivity index (χ0) is 9.26. The van der Waals surface area contributed by atoms with Crippen molar-refractivity contribution in [3.63, 3.8) is 0 Å². The van der Waals surface area contributed by atoms with E-state index in [0.29, 0.717) is 24.7 Å². The molecule has 3 nitrogen and oxygen atoms in total. The molecule has 70 valence electrons. The third-order valence-electron chi connectivity index (χ3n) is 2.09. The van der Waals surface area contributed by atoms with Crippen LogP contribution in [0.2, 0.25) is 6.55 Å². The second-order valence-electron chi connectivity index (χ2n) is 2.99. The lowest BCUT2D eigenvalue weighted by Crippen LogP contribution is -2.19. The molecule has 0 atom stereocenters. The molecule has 1 aliphatic rings. The molecule has 1 aliphatic heterocycles. The first-order chi connectivity index (χ1) is 6.31. The van der Waals surface area contributed by atoms with Crippen LogP contribution in [0.3, 0.4) is 0 Å². The highest BCUT2D eigenvalue weighted by atomic mass is 28.2. The molecular formula is C9H12O3Si. The highest BCUT2D eigenvalue weighted by molar-refractivity contribution is 6.52. The van der Waals surface area contributed by atoms with Gasteiger partial charge >= 0.3 is 0 Å². The Balaban J connectivity index is 2.47. The molecule has 13 heavy (non-hydrogen) atoms. The molecule has 0 saturated carbocycles. The van der Waals surface area contributed by atoms with Crippen LogP contribution in [0.4, 0.5) is 0 Å². The number of aromatic hydroxyl groups is 1. The lowest BCUT2D eigenvalue weighted by molar-refractivity contribution is 0.166. The van der Waals surface area contributed by atoms with Crippen molar-refractivity contribution in [3.05, 3.63) is 12.1 Å². The zero-order valence-corrected chi connectivity index (χ0v) is 8.95. The predicted octanol–water partition coefficient (Wildman–Crippen LogP) is 0.00560. The van der Waals surface area contributed by atoms with E-state index < -0.39 is 0 Å². The zero-order valence-electron chi connectivity index (χ0n) is 7.54. The SMILES string of the molecule is C[SiH2]c1cc(O)c2c(c1)OCCO2. The van der Waals surface area contributed by atoms with Crippen molar-refractivity contribution in [1.82, 2.24) is 0 Å². The number of fused-ring (bicyclic) bond motifs is 1. The van der Waals surface area contributed by atoms with E-state index in [2.05, 4.69) is 6.55 Å². The van der Waals surface area contributed by atoms with Crippen molar-refractivity contribution >= 4 is 14.7 Å². The minimum absolute atomic E-state index is 0.210. The molecule has 0 unspecified atom stereocenters. The Bertz CT molecular complexity index is 325. The average Bonchev–Trinajstić information content (AvgIpc) is 2.18. The molecule has 0 fully saturated rings. The largest absolute Gasteiger partial charge is 0.504 e. The van der Waals surface area contributed by atoms with Crippen LogP contribution in [-0.2, 0) is 0 Å². The maximum atomic E-state index is 9.59. The summed E-state index contributed by atoms with van der Waals surface area (Å²) in [4.78, 5) is 0. The number of phenolic OH excluding ortho intramolecular Hbond substituents is 1. The summed E-state index contributed by atoms with van der Waals surface area (Å²) in [6.07, 6.45) is 0. The Morgan fingerprint density at radius 1 is 1.31 bits per heavy atom. The molecule has 0 radical (unpaired) electrons. The summed E-state index contributed by atoms with van der Waals surface area (Å²) in [7, 11) is -0.256. The molecule has 2 rings (SSSR count). The Morgan fingerprint density at radius 3 is 2.85 bits per heavy atom. The van der Waals surface area contributed by atoms with Crippen molar-refractivity contribution in [1.29, 1.82) is 0 Å². The minimum Gasteiger partial charge on any atom is -0.504 e. The van der Waals surface area contributed by atoms with Gasteiger partial charge in [-0.2, -0.15) is 0 Å². The first kappa shape index (κ1) is 8.44. The molecule has 1 aromatic carbocycles. The Labute approximate surface area is 79.1 Å². The van der Waals surface area contributed by atoms with E-state index in [1.807, 2.05) is 6.07 Å². The number of hydrogen-bond acceptors (Lipinski definition) is 3. The van der Waals surface area contributed by atoms with Crippen LogP contribution in [0.1, 0.15) is 0 Å². The predicted molar refractivity (Wildman–Crippen MR) is 53.1 cm³/mol. The van der Waals surface area contributed by atoms with Crippen LogP contribution >= 0.6 is 0 Å². The summed E-state index contributed by atoms with van der Waals surface area (Å²) in [5.74, 6) is 1.40. The van der Waals surface area contributed by atoms with Gasteiger partial charge in [-0.05, 0) is 12.1 Å². The van der Waals surface area contributed by atoms with Crippen LogP contribution in [0, 0.1) is 0 Å². The van der Waals surface area contributed by atoms with Gasteiger partial charge in [0.1, 0.15) is 13.2 Å². The van der Waals surface area contributed by atoms with Gasteiger partial charge in [0.15, 0.2) is 11.5 Å². The normalized spacial score (nSPS) is 15.2. The Kier molecular flexibility index (Phi) is 2.14. The highest BCUT2D eigenvalue weighted by Crippen LogP contribution is 2.36. The Morgan fingerprint density at radius 2 is 2.08 bits per heavy atom. The first-order valence-electron chi connectivity index (χ1n) is 4.42. The average molecular weight is 196 g/mol. The van der Waals surface area contributed by atoms with Gasteiger partial charge in [-0.3, -0.25) is 0 Å². The van der Waals surface area contributed by atoms with Gasteiger partial charge in [0.25, 0.3) is 0 Å². The van der Waals surface area contributed by atoms with Gasteiger partial charge in [0.2, 0.25) is 5.75 Å². The van der Waals surface area contributed by atoms with E-state index in [4.69, 9.17) is 9.47 Å². The van der Waals surface area contributed by atoms with Gasteiger partial charge in [0.05, 0.1) is 9.52 Å². The molecule has 4 heteroatoms. The first-order valence-corrected chi connectivity index (χ1v) is 6.55. The number of ether oxygens (including phenoxy) is 2. The fraction of sp³-hybridized carbons (Fsp3) is 0.333. The molecule has 1 heterocycles. The maximum Gasteiger partial charge on any atom is 0.203 e. The lowest BCUT2D eigenvalue weighted by atomic mass is 10.3. The fourth-order valence-corrected chi connectivity index (χ4v) is 2.18. The summed E-state index contributed by atoms with van der Waals surface area (Å²) in [6.45, 7) is 3.26. The van der Waals surface area contributed by atoms with Gasteiger partial charge in [0, 0.05) is 0 Å². The van der Waals surface area contributed by atoms with Gasteiger partial charge in [-0.1, -0.05) is 11.7 Å². The van der Waals surface area contributed by atoms with Crippen molar-refractivity contribution in [2.45, 2.75) is 6.55 Å². The quantitative estimate of drug-likeness (QED) is 0.643. The summed E-state index contributed by atoms with van der Waals surface area (Å²) in [5.41, 5.74) is 0. The standard InChI is InChI=1S/C9H12O3Si/c1-13-6-4-7(10)9-8(5-6)11-2-3-12-9/h4-5,10H,2-3,13H2,1H3. The molecule has 0 aromatic heterocycles. The summed E-state index contributed by atoms with van der Waals surface area (Å²) < 4.78 is 10.7. The summed E-state index contributed by atoms with van der Waals surface area (Å²) in [6, 6.07) is 3.75. The van der Waals surface area contributed by atoms with Crippen LogP contribution < -0.4 is 14.7 Å². The van der Waals surface area contributed by atoms with E-state index >= 15 is 0 Å². The smallest absolute Gasteiger partial charge is 0.203 e. The highest BCUT2D eigenvalue weighted by Gasteiger charge is 2.16. The lowest BCUT2D eigenvalue weighted by Gasteiger charge is -2.19. The molecule has 1 aromatic rings. The van der Waals surface area contributed by atoms with Crippen molar-refractivity contribution < 1.29 is 14.6 Å². The van der Waals surface area contributed by atoms with E-state index in [0.717, 1.165) is 0 Å². The van der Waals surface area contributed by atoms with Gasteiger partial charge in [-0.25, -0.2) is 0 Å². The van der Waals surface area contributed by atoms with E-state index in [-0.39, 0.29) is 15.3 Å². The number of rotatable bonds is 1. The van der Waals surface area contributed by atoms with Gasteiger partial charge < -0.3 is 14.6 Å².